The van der Waals surface area contributed by atoms with Gasteiger partial charge in [0.05, 0.1) is 16.1 Å². The Morgan fingerprint density at radius 3 is 2.22 bits per heavy atom. The minimum Gasteiger partial charge on any atom is -0.342 e. The minimum atomic E-state index is 0.730. The third-order valence-corrected chi connectivity index (χ3v) is 4.30. The van der Waals surface area contributed by atoms with Gasteiger partial charge < -0.3 is 4.98 Å². The fourth-order valence-electron chi connectivity index (χ4n) is 2.85. The van der Waals surface area contributed by atoms with E-state index in [0.29, 0.717) is 0 Å². The van der Waals surface area contributed by atoms with Gasteiger partial charge >= 0.3 is 0 Å². The first-order chi connectivity index (χ1) is 11.2. The minimum absolute atomic E-state index is 0.730. The van der Waals surface area contributed by atoms with Crippen LogP contribution < -0.4 is 0 Å². The van der Waals surface area contributed by atoms with Gasteiger partial charge in [0.15, 0.2) is 0 Å². The van der Waals surface area contributed by atoms with E-state index in [-0.39, 0.29) is 0 Å². The number of aromatic amines is 1. The zero-order valence-electron chi connectivity index (χ0n) is 12.7. The predicted octanol–water partition coefficient (Wildman–Crippen LogP) is 5.86. The Morgan fingerprint density at radius 1 is 0.826 bits per heavy atom. The summed E-state index contributed by atoms with van der Waals surface area (Å²) in [4.78, 5) is 7.70. The molecular formula is C20H15ClN2. The molecule has 3 heteroatoms. The van der Waals surface area contributed by atoms with Gasteiger partial charge in [-0.05, 0) is 35.7 Å². The molecule has 0 aliphatic carbocycles. The SMILES string of the molecule is Cc1nc2cc(-c3ccc(-c4ccccc4)cc3)c(Cl)cc2[nH]1. The standard InChI is InChI=1S/C20H15ClN2/c1-13-22-19-11-17(18(21)12-20(19)23-13)16-9-7-15(8-10-16)14-5-3-2-4-6-14/h2-12H,1H3,(H,22,23). The molecule has 0 saturated carbocycles. The van der Waals surface area contributed by atoms with Gasteiger partial charge in [0, 0.05) is 5.56 Å². The summed E-state index contributed by atoms with van der Waals surface area (Å²) in [5.41, 5.74) is 6.42. The largest absolute Gasteiger partial charge is 0.342 e. The van der Waals surface area contributed by atoms with Crippen LogP contribution in [-0.4, -0.2) is 9.97 Å². The number of aryl methyl sites for hydroxylation is 1. The van der Waals surface area contributed by atoms with E-state index in [1.165, 1.54) is 11.1 Å². The first kappa shape index (κ1) is 14.0. The number of hydrogen-bond donors (Lipinski definition) is 1. The molecule has 2 nitrogen and oxygen atoms in total. The van der Waals surface area contributed by atoms with Crippen LogP contribution in [0.2, 0.25) is 5.02 Å². The fourth-order valence-corrected chi connectivity index (χ4v) is 3.12. The molecule has 0 bridgehead atoms. The summed E-state index contributed by atoms with van der Waals surface area (Å²) in [7, 11) is 0. The van der Waals surface area contributed by atoms with E-state index < -0.39 is 0 Å². The Bertz CT molecular complexity index is 970. The maximum absolute atomic E-state index is 6.46. The lowest BCUT2D eigenvalue weighted by molar-refractivity contribution is 1.17. The number of rotatable bonds is 2. The molecule has 0 saturated heterocycles. The molecule has 4 rings (SSSR count). The first-order valence-electron chi connectivity index (χ1n) is 7.52. The molecule has 0 aliphatic rings. The smallest absolute Gasteiger partial charge is 0.104 e. The highest BCUT2D eigenvalue weighted by atomic mass is 35.5. The molecule has 0 amide bonds. The van der Waals surface area contributed by atoms with Gasteiger partial charge in [0.25, 0.3) is 0 Å². The molecule has 0 aliphatic heterocycles. The average Bonchev–Trinajstić information content (AvgIpc) is 2.94. The van der Waals surface area contributed by atoms with E-state index in [2.05, 4.69) is 46.4 Å². The summed E-state index contributed by atoms with van der Waals surface area (Å²) in [6.07, 6.45) is 0. The Hall–Kier alpha value is -2.58. The number of fused-ring (bicyclic) bond motifs is 1. The van der Waals surface area contributed by atoms with Crippen LogP contribution in [-0.2, 0) is 0 Å². The first-order valence-corrected chi connectivity index (χ1v) is 7.90. The number of nitrogens with one attached hydrogen (secondary N) is 1. The molecule has 1 N–H and O–H groups in total. The van der Waals surface area contributed by atoms with Gasteiger partial charge in [-0.25, -0.2) is 4.98 Å². The quantitative estimate of drug-likeness (QED) is 0.493. The second-order valence-corrected chi connectivity index (χ2v) is 6.02. The molecule has 0 fully saturated rings. The summed E-state index contributed by atoms with van der Waals surface area (Å²) in [6.45, 7) is 1.95. The van der Waals surface area contributed by atoms with Crippen molar-refractivity contribution in [2.45, 2.75) is 6.92 Å². The number of aromatic nitrogens is 2. The summed E-state index contributed by atoms with van der Waals surface area (Å²) in [5.74, 6) is 0.896. The van der Waals surface area contributed by atoms with Crippen LogP contribution in [0.5, 0.6) is 0 Å². The topological polar surface area (TPSA) is 28.7 Å². The van der Waals surface area contributed by atoms with E-state index in [4.69, 9.17) is 11.6 Å². The van der Waals surface area contributed by atoms with Crippen molar-refractivity contribution in [1.29, 1.82) is 0 Å². The van der Waals surface area contributed by atoms with Crippen molar-refractivity contribution in [3.05, 3.63) is 77.6 Å². The molecule has 3 aromatic carbocycles. The number of benzene rings is 3. The highest BCUT2D eigenvalue weighted by Crippen LogP contribution is 2.32. The van der Waals surface area contributed by atoms with Crippen LogP contribution in [0.1, 0.15) is 5.82 Å². The molecule has 0 spiro atoms. The fraction of sp³-hybridized carbons (Fsp3) is 0.0500. The zero-order chi connectivity index (χ0) is 15.8. The van der Waals surface area contributed by atoms with Crippen molar-refractivity contribution in [1.82, 2.24) is 9.97 Å². The lowest BCUT2D eigenvalue weighted by Gasteiger charge is -2.07. The maximum atomic E-state index is 6.46. The van der Waals surface area contributed by atoms with Gasteiger partial charge in [0.2, 0.25) is 0 Å². The summed E-state index contributed by atoms with van der Waals surface area (Å²) in [6, 6.07) is 22.8. The Morgan fingerprint density at radius 2 is 1.48 bits per heavy atom. The lowest BCUT2D eigenvalue weighted by Crippen LogP contribution is -1.82. The van der Waals surface area contributed by atoms with Crippen molar-refractivity contribution in [2.24, 2.45) is 0 Å². The number of H-pyrrole nitrogens is 1. The van der Waals surface area contributed by atoms with E-state index in [1.807, 2.05) is 37.3 Å². The lowest BCUT2D eigenvalue weighted by atomic mass is 10.00. The molecule has 0 radical (unpaired) electrons. The molecule has 1 heterocycles. The van der Waals surface area contributed by atoms with Gasteiger partial charge in [-0.15, -0.1) is 0 Å². The predicted molar refractivity (Wildman–Crippen MR) is 96.7 cm³/mol. The summed E-state index contributed by atoms with van der Waals surface area (Å²) in [5, 5.41) is 0.730. The van der Waals surface area contributed by atoms with Crippen LogP contribution in [0.4, 0.5) is 0 Å². The molecule has 112 valence electrons. The van der Waals surface area contributed by atoms with Crippen LogP contribution in [0.15, 0.2) is 66.7 Å². The van der Waals surface area contributed by atoms with Crippen LogP contribution in [0.25, 0.3) is 33.3 Å². The molecular weight excluding hydrogens is 304 g/mol. The zero-order valence-corrected chi connectivity index (χ0v) is 13.4. The molecule has 0 atom stereocenters. The highest BCUT2D eigenvalue weighted by molar-refractivity contribution is 6.34. The molecule has 1 aromatic heterocycles. The van der Waals surface area contributed by atoms with Crippen LogP contribution >= 0.6 is 11.6 Å². The van der Waals surface area contributed by atoms with E-state index in [9.17, 15) is 0 Å². The normalized spacial score (nSPS) is 11.0. The maximum Gasteiger partial charge on any atom is 0.104 e. The third-order valence-electron chi connectivity index (χ3n) is 3.99. The highest BCUT2D eigenvalue weighted by Gasteiger charge is 2.09. The number of imidazole rings is 1. The van der Waals surface area contributed by atoms with Crippen LogP contribution in [0, 0.1) is 6.92 Å². The van der Waals surface area contributed by atoms with Crippen molar-refractivity contribution in [3.8, 4) is 22.3 Å². The number of halogens is 1. The second kappa shape index (κ2) is 5.56. The molecule has 4 aromatic rings. The monoisotopic (exact) mass is 318 g/mol. The average molecular weight is 319 g/mol. The molecule has 0 unspecified atom stereocenters. The van der Waals surface area contributed by atoms with Gasteiger partial charge in [0.1, 0.15) is 5.82 Å². The van der Waals surface area contributed by atoms with Crippen molar-refractivity contribution >= 4 is 22.6 Å². The van der Waals surface area contributed by atoms with Crippen molar-refractivity contribution in [2.75, 3.05) is 0 Å². The van der Waals surface area contributed by atoms with Gasteiger partial charge in [-0.1, -0.05) is 66.2 Å². The van der Waals surface area contributed by atoms with Crippen LogP contribution in [0.3, 0.4) is 0 Å². The Kier molecular flexibility index (Phi) is 3.40. The summed E-state index contributed by atoms with van der Waals surface area (Å²) >= 11 is 6.46. The number of nitrogens with zero attached hydrogens (tertiary/aromatic N) is 1. The van der Waals surface area contributed by atoms with E-state index in [0.717, 1.165) is 33.0 Å². The Balaban J connectivity index is 1.77. The van der Waals surface area contributed by atoms with Crippen molar-refractivity contribution < 1.29 is 0 Å². The van der Waals surface area contributed by atoms with E-state index in [1.54, 1.807) is 0 Å². The van der Waals surface area contributed by atoms with Gasteiger partial charge in [-0.3, -0.25) is 0 Å². The Labute approximate surface area is 139 Å². The van der Waals surface area contributed by atoms with E-state index >= 15 is 0 Å². The second-order valence-electron chi connectivity index (χ2n) is 5.61. The van der Waals surface area contributed by atoms with Gasteiger partial charge in [-0.2, -0.15) is 0 Å². The molecule has 23 heavy (non-hydrogen) atoms. The number of hydrogen-bond acceptors (Lipinski definition) is 1. The van der Waals surface area contributed by atoms with Crippen molar-refractivity contribution in [3.63, 3.8) is 0 Å². The summed E-state index contributed by atoms with van der Waals surface area (Å²) < 4.78 is 0. The third kappa shape index (κ3) is 2.62.